The van der Waals surface area contributed by atoms with Crippen LogP contribution >= 0.6 is 0 Å². The number of imide groups is 1. The molecular weight excluding hydrogens is 322 g/mol. The average molecular weight is 348 g/mol. The van der Waals surface area contributed by atoms with Crippen molar-refractivity contribution in [2.24, 2.45) is 11.7 Å². The second kappa shape index (κ2) is 6.93. The lowest BCUT2D eigenvalue weighted by Crippen LogP contribution is -2.55. The van der Waals surface area contributed by atoms with Gasteiger partial charge in [0.25, 0.3) is 0 Å². The molecular formula is C18H26N3O4+. The van der Waals surface area contributed by atoms with Crippen LogP contribution in [0, 0.1) is 5.92 Å². The maximum atomic E-state index is 13.1. The number of hydrogen-bond acceptors (Lipinski definition) is 4. The molecule has 1 aliphatic heterocycles. The van der Waals surface area contributed by atoms with E-state index in [1.165, 1.54) is 11.9 Å². The van der Waals surface area contributed by atoms with Gasteiger partial charge in [0, 0.05) is 13.5 Å². The number of amides is 4. The van der Waals surface area contributed by atoms with Gasteiger partial charge >= 0.3 is 11.9 Å². The molecule has 0 radical (unpaired) electrons. The summed E-state index contributed by atoms with van der Waals surface area (Å²) in [6, 6.07) is 8.59. The number of benzene rings is 1. The molecule has 0 bridgehead atoms. The van der Waals surface area contributed by atoms with E-state index in [1.54, 1.807) is 0 Å². The Morgan fingerprint density at radius 3 is 2.40 bits per heavy atom. The van der Waals surface area contributed by atoms with Crippen molar-refractivity contribution in [2.75, 3.05) is 13.6 Å². The molecule has 7 nitrogen and oxygen atoms in total. The van der Waals surface area contributed by atoms with Gasteiger partial charge in [0.05, 0.1) is 6.42 Å². The summed E-state index contributed by atoms with van der Waals surface area (Å²) in [6.07, 6.45) is 0.331. The first-order valence-corrected chi connectivity index (χ1v) is 8.40. The van der Waals surface area contributed by atoms with Crippen molar-refractivity contribution >= 4 is 17.8 Å². The Morgan fingerprint density at radius 2 is 1.88 bits per heavy atom. The molecule has 7 heteroatoms. The van der Waals surface area contributed by atoms with Gasteiger partial charge in [-0.15, -0.1) is 0 Å². The summed E-state index contributed by atoms with van der Waals surface area (Å²) in [5, 5.41) is 10.9. The fourth-order valence-electron chi connectivity index (χ4n) is 3.59. The van der Waals surface area contributed by atoms with Crippen LogP contribution in [-0.2, 0) is 16.0 Å². The molecule has 1 fully saturated rings. The number of carbonyl (C=O) groups excluding carboxylic acids is 3. The number of quaternary nitrogens is 1. The Bertz CT molecular complexity index is 676. The zero-order valence-electron chi connectivity index (χ0n) is 14.9. The fourth-order valence-corrected chi connectivity index (χ4v) is 3.59. The molecule has 4 amide bonds. The van der Waals surface area contributed by atoms with E-state index in [4.69, 9.17) is 5.73 Å². The zero-order valence-corrected chi connectivity index (χ0v) is 14.9. The molecule has 0 spiro atoms. The lowest BCUT2D eigenvalue weighted by molar-refractivity contribution is -0.969. The SMILES string of the molecule is CC(C)CC1(CC(N)=O)C(=O)[N+](O)(CCc2ccccc2)C(=O)N1C. The van der Waals surface area contributed by atoms with Gasteiger partial charge in [0.15, 0.2) is 5.54 Å². The summed E-state index contributed by atoms with van der Waals surface area (Å²) in [4.78, 5) is 38.6. The third kappa shape index (κ3) is 3.43. The molecule has 1 aromatic carbocycles. The molecule has 0 aromatic heterocycles. The third-order valence-electron chi connectivity index (χ3n) is 4.76. The predicted octanol–water partition coefficient (Wildman–Crippen LogP) is 1.69. The molecule has 3 N–H and O–H groups in total. The van der Waals surface area contributed by atoms with Crippen molar-refractivity contribution in [3.05, 3.63) is 35.9 Å². The maximum Gasteiger partial charge on any atom is 0.460 e. The summed E-state index contributed by atoms with van der Waals surface area (Å²) >= 11 is 0. The van der Waals surface area contributed by atoms with E-state index in [-0.39, 0.29) is 25.3 Å². The van der Waals surface area contributed by atoms with E-state index in [1.807, 2.05) is 44.2 Å². The van der Waals surface area contributed by atoms with E-state index < -0.39 is 28.0 Å². The minimum Gasteiger partial charge on any atom is -0.370 e. The Balaban J connectivity index is 2.34. The van der Waals surface area contributed by atoms with Crippen LogP contribution in [0.3, 0.4) is 0 Å². The van der Waals surface area contributed by atoms with E-state index in [0.29, 0.717) is 6.42 Å². The summed E-state index contributed by atoms with van der Waals surface area (Å²) in [7, 11) is 1.45. The van der Waals surface area contributed by atoms with Crippen LogP contribution in [0.4, 0.5) is 4.79 Å². The number of nitrogens with two attached hydrogens (primary N) is 1. The van der Waals surface area contributed by atoms with Gasteiger partial charge in [-0.3, -0.25) is 9.69 Å². The summed E-state index contributed by atoms with van der Waals surface area (Å²) in [5.74, 6) is -1.31. The van der Waals surface area contributed by atoms with Crippen LogP contribution in [0.2, 0.25) is 0 Å². The maximum absolute atomic E-state index is 13.1. The molecule has 1 aliphatic rings. The lowest BCUT2D eigenvalue weighted by Gasteiger charge is -2.30. The number of nitrogens with zero attached hydrogens (tertiary/aromatic N) is 2. The number of rotatable bonds is 7. The Morgan fingerprint density at radius 1 is 1.28 bits per heavy atom. The number of urea groups is 1. The molecule has 0 aliphatic carbocycles. The van der Waals surface area contributed by atoms with E-state index in [9.17, 15) is 19.6 Å². The summed E-state index contributed by atoms with van der Waals surface area (Å²) < 4.78 is -1.33. The zero-order chi connectivity index (χ0) is 18.8. The van der Waals surface area contributed by atoms with Crippen LogP contribution in [0.25, 0.3) is 0 Å². The minimum atomic E-state index is -1.40. The van der Waals surface area contributed by atoms with Crippen molar-refractivity contribution in [3.8, 4) is 0 Å². The van der Waals surface area contributed by atoms with Gasteiger partial charge in [-0.05, 0) is 22.5 Å². The predicted molar refractivity (Wildman–Crippen MR) is 91.2 cm³/mol. The van der Waals surface area contributed by atoms with Crippen molar-refractivity contribution in [2.45, 2.75) is 38.6 Å². The first-order valence-electron chi connectivity index (χ1n) is 8.40. The Labute approximate surface area is 147 Å². The number of primary amides is 1. The molecule has 1 saturated heterocycles. The first-order chi connectivity index (χ1) is 11.6. The fraction of sp³-hybridized carbons (Fsp3) is 0.500. The second-order valence-corrected chi connectivity index (χ2v) is 7.15. The van der Waals surface area contributed by atoms with Crippen molar-refractivity contribution in [3.63, 3.8) is 0 Å². The van der Waals surface area contributed by atoms with E-state index in [2.05, 4.69) is 0 Å². The highest BCUT2D eigenvalue weighted by Crippen LogP contribution is 2.39. The summed E-state index contributed by atoms with van der Waals surface area (Å²) in [6.45, 7) is 3.70. The monoisotopic (exact) mass is 348 g/mol. The van der Waals surface area contributed by atoms with E-state index >= 15 is 0 Å². The first kappa shape index (κ1) is 19.1. The van der Waals surface area contributed by atoms with Gasteiger partial charge in [-0.2, -0.15) is 5.21 Å². The standard InChI is InChI=1S/C18H25N3O4/c1-13(2)11-18(12-15(19)22)16(23)21(25,17(24)20(18)3)10-9-14-7-5-4-6-8-14/h4-8,13,25H,9-12H2,1-3H3,(H-,19,22)/p+1. The van der Waals surface area contributed by atoms with Crippen LogP contribution < -0.4 is 5.73 Å². The normalized spacial score (nSPS) is 26.5. The highest BCUT2D eigenvalue weighted by molar-refractivity contribution is 6.00. The van der Waals surface area contributed by atoms with Crippen LogP contribution in [-0.4, -0.2) is 51.7 Å². The van der Waals surface area contributed by atoms with Crippen molar-refractivity contribution in [1.29, 1.82) is 0 Å². The minimum absolute atomic E-state index is 0.0409. The molecule has 2 unspecified atom stereocenters. The van der Waals surface area contributed by atoms with Crippen molar-refractivity contribution in [1.82, 2.24) is 4.90 Å². The number of likely N-dealkylation sites (N-methyl/N-ethyl adjacent to an activating group) is 1. The molecule has 0 saturated carbocycles. The summed E-state index contributed by atoms with van der Waals surface area (Å²) in [5.41, 5.74) is 4.85. The highest BCUT2D eigenvalue weighted by atomic mass is 16.6. The second-order valence-electron chi connectivity index (χ2n) is 7.15. The lowest BCUT2D eigenvalue weighted by atomic mass is 9.84. The van der Waals surface area contributed by atoms with Crippen LogP contribution in [0.15, 0.2) is 30.3 Å². The topological polar surface area (TPSA) is 101 Å². The molecule has 1 heterocycles. The largest absolute Gasteiger partial charge is 0.460 e. The third-order valence-corrected chi connectivity index (χ3v) is 4.76. The molecule has 136 valence electrons. The number of carbonyl (C=O) groups is 3. The van der Waals surface area contributed by atoms with Gasteiger partial charge in [0.2, 0.25) is 5.91 Å². The van der Waals surface area contributed by atoms with Crippen LogP contribution in [0.1, 0.15) is 32.3 Å². The number of hydroxylamine groups is 3. The Hall–Kier alpha value is -2.25. The Kier molecular flexibility index (Phi) is 5.29. The molecule has 25 heavy (non-hydrogen) atoms. The molecule has 1 aromatic rings. The molecule has 2 atom stereocenters. The van der Waals surface area contributed by atoms with Gasteiger partial charge < -0.3 is 5.73 Å². The van der Waals surface area contributed by atoms with Crippen molar-refractivity contribution < 1.29 is 24.2 Å². The van der Waals surface area contributed by atoms with Gasteiger partial charge in [-0.25, -0.2) is 9.59 Å². The van der Waals surface area contributed by atoms with Gasteiger partial charge in [-0.1, -0.05) is 44.2 Å². The smallest absolute Gasteiger partial charge is 0.370 e. The number of hydrogen-bond donors (Lipinski definition) is 2. The van der Waals surface area contributed by atoms with E-state index in [0.717, 1.165) is 5.56 Å². The van der Waals surface area contributed by atoms with Gasteiger partial charge in [0.1, 0.15) is 6.54 Å². The average Bonchev–Trinajstić information content (AvgIpc) is 2.68. The highest BCUT2D eigenvalue weighted by Gasteiger charge is 2.68. The van der Waals surface area contributed by atoms with Crippen LogP contribution in [0.5, 0.6) is 0 Å². The quantitative estimate of drug-likeness (QED) is 0.445. The molecule has 2 rings (SSSR count).